The molecule has 0 radical (unpaired) electrons. The summed E-state index contributed by atoms with van der Waals surface area (Å²) in [6.07, 6.45) is -0.714. The van der Waals surface area contributed by atoms with Gasteiger partial charge in [-0.1, -0.05) is 20.8 Å². The van der Waals surface area contributed by atoms with Crippen LogP contribution < -0.4 is 0 Å². The van der Waals surface area contributed by atoms with Crippen LogP contribution in [0.2, 0.25) is 0 Å². The lowest BCUT2D eigenvalue weighted by atomic mass is 9.86. The van der Waals surface area contributed by atoms with Crippen LogP contribution in [0.3, 0.4) is 0 Å². The fourth-order valence-electron chi connectivity index (χ4n) is 1.44. The van der Waals surface area contributed by atoms with E-state index in [1.54, 1.807) is 0 Å². The maximum absolute atomic E-state index is 9.86. The Morgan fingerprint density at radius 3 is 2.07 bits per heavy atom. The Labute approximate surface area is 87.4 Å². The molecule has 0 aromatic carbocycles. The number of aliphatic hydroxyl groups is 1. The molecule has 0 aromatic rings. The summed E-state index contributed by atoms with van der Waals surface area (Å²) < 4.78 is 10.7. The van der Waals surface area contributed by atoms with E-state index in [0.717, 1.165) is 0 Å². The molecule has 0 aromatic heterocycles. The maximum atomic E-state index is 9.86. The molecule has 86 valence electrons. The third-order valence-corrected chi connectivity index (χ3v) is 2.04. The largest absolute Gasteiger partial charge is 0.388 e. The predicted molar refractivity (Wildman–Crippen MR) is 57.4 cm³/mol. The van der Waals surface area contributed by atoms with Crippen molar-refractivity contribution in [3.05, 3.63) is 0 Å². The van der Waals surface area contributed by atoms with Gasteiger partial charge in [0.2, 0.25) is 0 Å². The van der Waals surface area contributed by atoms with Crippen molar-refractivity contribution in [1.82, 2.24) is 0 Å². The number of hydrogen-bond donors (Lipinski definition) is 1. The summed E-state index contributed by atoms with van der Waals surface area (Å²) in [5, 5.41) is 9.86. The van der Waals surface area contributed by atoms with Gasteiger partial charge in [-0.25, -0.2) is 0 Å². The van der Waals surface area contributed by atoms with Crippen LogP contribution in [-0.4, -0.2) is 37.1 Å². The Bertz CT molecular complexity index is 140. The molecule has 0 aliphatic carbocycles. The van der Waals surface area contributed by atoms with Gasteiger partial charge in [0.25, 0.3) is 0 Å². The van der Waals surface area contributed by atoms with Gasteiger partial charge in [-0.2, -0.15) is 0 Å². The fraction of sp³-hybridized carbons (Fsp3) is 1.00. The maximum Gasteiger partial charge on any atom is 0.104 e. The molecule has 3 heteroatoms. The van der Waals surface area contributed by atoms with Crippen molar-refractivity contribution < 1.29 is 14.6 Å². The zero-order valence-corrected chi connectivity index (χ0v) is 10.0. The van der Waals surface area contributed by atoms with Crippen molar-refractivity contribution in [2.75, 3.05) is 19.8 Å². The smallest absolute Gasteiger partial charge is 0.104 e. The monoisotopic (exact) mass is 204 g/mol. The van der Waals surface area contributed by atoms with Crippen LogP contribution in [0.4, 0.5) is 0 Å². The lowest BCUT2D eigenvalue weighted by molar-refractivity contribution is -0.111. The predicted octanol–water partition coefficient (Wildman–Crippen LogP) is 1.83. The highest BCUT2D eigenvalue weighted by atomic mass is 16.5. The molecular formula is C11H24O3. The van der Waals surface area contributed by atoms with Crippen molar-refractivity contribution in [1.29, 1.82) is 0 Å². The van der Waals surface area contributed by atoms with E-state index in [-0.39, 0.29) is 11.5 Å². The van der Waals surface area contributed by atoms with Gasteiger partial charge in [-0.05, 0) is 19.3 Å². The zero-order valence-electron chi connectivity index (χ0n) is 10.0. The van der Waals surface area contributed by atoms with Gasteiger partial charge in [-0.3, -0.25) is 0 Å². The Kier molecular flexibility index (Phi) is 6.33. The van der Waals surface area contributed by atoms with Gasteiger partial charge in [0, 0.05) is 13.2 Å². The van der Waals surface area contributed by atoms with Crippen molar-refractivity contribution in [2.24, 2.45) is 5.41 Å². The standard InChI is InChI=1S/C11H24O3/c1-6-13-8-9(12)10(14-7-2)11(3,4)5/h9-10,12H,6-8H2,1-5H3. The molecular weight excluding hydrogens is 180 g/mol. The van der Waals surface area contributed by atoms with Crippen LogP contribution in [-0.2, 0) is 9.47 Å². The second kappa shape index (κ2) is 6.38. The van der Waals surface area contributed by atoms with Gasteiger partial charge in [0.05, 0.1) is 12.7 Å². The molecule has 2 unspecified atom stereocenters. The Balaban J connectivity index is 4.18. The second-order valence-electron chi connectivity index (χ2n) is 4.47. The van der Waals surface area contributed by atoms with Gasteiger partial charge < -0.3 is 14.6 Å². The second-order valence-corrected chi connectivity index (χ2v) is 4.47. The number of rotatable bonds is 6. The van der Waals surface area contributed by atoms with E-state index >= 15 is 0 Å². The van der Waals surface area contributed by atoms with E-state index < -0.39 is 6.10 Å². The van der Waals surface area contributed by atoms with E-state index in [4.69, 9.17) is 9.47 Å². The number of hydrogen-bond acceptors (Lipinski definition) is 3. The van der Waals surface area contributed by atoms with E-state index in [1.807, 2.05) is 13.8 Å². The average molecular weight is 204 g/mol. The van der Waals surface area contributed by atoms with Gasteiger partial charge in [0.15, 0.2) is 0 Å². The van der Waals surface area contributed by atoms with Crippen LogP contribution in [0.25, 0.3) is 0 Å². The number of aliphatic hydroxyl groups excluding tert-OH is 1. The molecule has 1 N–H and O–H groups in total. The van der Waals surface area contributed by atoms with Crippen LogP contribution in [0.5, 0.6) is 0 Å². The first-order chi connectivity index (χ1) is 6.43. The first-order valence-corrected chi connectivity index (χ1v) is 5.30. The van der Waals surface area contributed by atoms with Crippen molar-refractivity contribution in [3.8, 4) is 0 Å². The van der Waals surface area contributed by atoms with Crippen LogP contribution >= 0.6 is 0 Å². The third kappa shape index (κ3) is 4.94. The molecule has 0 saturated carbocycles. The van der Waals surface area contributed by atoms with Crippen molar-refractivity contribution >= 4 is 0 Å². The van der Waals surface area contributed by atoms with E-state index in [9.17, 15) is 5.11 Å². The molecule has 0 aliphatic rings. The van der Waals surface area contributed by atoms with E-state index in [2.05, 4.69) is 20.8 Å². The number of ether oxygens (including phenoxy) is 2. The van der Waals surface area contributed by atoms with Crippen molar-refractivity contribution in [2.45, 2.75) is 46.8 Å². The summed E-state index contributed by atoms with van der Waals surface area (Å²) in [6, 6.07) is 0. The molecule has 14 heavy (non-hydrogen) atoms. The molecule has 0 rings (SSSR count). The molecule has 0 fully saturated rings. The van der Waals surface area contributed by atoms with E-state index in [0.29, 0.717) is 19.8 Å². The lowest BCUT2D eigenvalue weighted by Gasteiger charge is -2.33. The highest BCUT2D eigenvalue weighted by molar-refractivity contribution is 4.81. The van der Waals surface area contributed by atoms with E-state index in [1.165, 1.54) is 0 Å². The third-order valence-electron chi connectivity index (χ3n) is 2.04. The molecule has 2 atom stereocenters. The van der Waals surface area contributed by atoms with Crippen LogP contribution in [0.15, 0.2) is 0 Å². The summed E-state index contributed by atoms with van der Waals surface area (Å²) in [5.74, 6) is 0. The molecule has 0 spiro atoms. The molecule has 0 amide bonds. The highest BCUT2D eigenvalue weighted by Crippen LogP contribution is 2.25. The minimum absolute atomic E-state index is 0.0630. The first kappa shape index (κ1) is 13.9. The molecule has 0 saturated heterocycles. The van der Waals surface area contributed by atoms with Crippen LogP contribution in [0.1, 0.15) is 34.6 Å². The zero-order chi connectivity index (χ0) is 11.2. The van der Waals surface area contributed by atoms with Gasteiger partial charge >= 0.3 is 0 Å². The van der Waals surface area contributed by atoms with Crippen molar-refractivity contribution in [3.63, 3.8) is 0 Å². The summed E-state index contributed by atoms with van der Waals surface area (Å²) in [6.45, 7) is 11.6. The first-order valence-electron chi connectivity index (χ1n) is 5.30. The molecule has 3 nitrogen and oxygen atoms in total. The van der Waals surface area contributed by atoms with Gasteiger partial charge in [-0.15, -0.1) is 0 Å². The minimum Gasteiger partial charge on any atom is -0.388 e. The Morgan fingerprint density at radius 2 is 1.71 bits per heavy atom. The summed E-state index contributed by atoms with van der Waals surface area (Å²) >= 11 is 0. The average Bonchev–Trinajstić information content (AvgIpc) is 2.08. The topological polar surface area (TPSA) is 38.7 Å². The summed E-state index contributed by atoms with van der Waals surface area (Å²) in [4.78, 5) is 0. The molecule has 0 bridgehead atoms. The Morgan fingerprint density at radius 1 is 1.14 bits per heavy atom. The fourth-order valence-corrected chi connectivity index (χ4v) is 1.44. The molecule has 0 aliphatic heterocycles. The summed E-state index contributed by atoms with van der Waals surface area (Å²) in [5.41, 5.74) is -0.0630. The molecule has 0 heterocycles. The Hall–Kier alpha value is -0.120. The minimum atomic E-state index is -0.546. The van der Waals surface area contributed by atoms with Gasteiger partial charge in [0.1, 0.15) is 6.10 Å². The highest BCUT2D eigenvalue weighted by Gasteiger charge is 2.31. The lowest BCUT2D eigenvalue weighted by Crippen LogP contribution is -2.42. The summed E-state index contributed by atoms with van der Waals surface area (Å²) in [7, 11) is 0. The van der Waals surface area contributed by atoms with Crippen LogP contribution in [0, 0.1) is 5.41 Å². The normalized spacial score (nSPS) is 16.7. The quantitative estimate of drug-likeness (QED) is 0.717. The SMILES string of the molecule is CCOCC(O)C(OCC)C(C)(C)C.